The minimum absolute atomic E-state index is 0.00685. The predicted octanol–water partition coefficient (Wildman–Crippen LogP) is 2.52. The molecule has 0 saturated heterocycles. The van der Waals surface area contributed by atoms with Gasteiger partial charge in [0.15, 0.2) is 0 Å². The van der Waals surface area contributed by atoms with E-state index in [0.29, 0.717) is 31.6 Å². The van der Waals surface area contributed by atoms with E-state index in [-0.39, 0.29) is 24.1 Å². The van der Waals surface area contributed by atoms with Crippen molar-refractivity contribution < 1.29 is 14.0 Å². The smallest absolute Gasteiger partial charge is 0.221 e. The van der Waals surface area contributed by atoms with Gasteiger partial charge in [-0.05, 0) is 24.5 Å². The van der Waals surface area contributed by atoms with Crippen LogP contribution >= 0.6 is 0 Å². The fourth-order valence-corrected chi connectivity index (χ4v) is 2.14. The van der Waals surface area contributed by atoms with Gasteiger partial charge in [-0.3, -0.25) is 9.59 Å². The third kappa shape index (κ3) is 6.70. The standard InChI is InChI=1S/C17H25FN2O2/c1-3-4-12-20(14(2)21)13-10-17(22)19-11-9-15-7-5-6-8-16(15)18/h5-8H,3-4,9-13H2,1-2H3,(H,19,22). The Morgan fingerprint density at radius 1 is 1.23 bits per heavy atom. The monoisotopic (exact) mass is 308 g/mol. The number of amides is 2. The third-order valence-corrected chi connectivity index (χ3v) is 3.51. The molecule has 1 N–H and O–H groups in total. The first-order valence-corrected chi connectivity index (χ1v) is 7.80. The largest absolute Gasteiger partial charge is 0.356 e. The van der Waals surface area contributed by atoms with Gasteiger partial charge in [0.05, 0.1) is 0 Å². The highest BCUT2D eigenvalue weighted by molar-refractivity contribution is 5.78. The van der Waals surface area contributed by atoms with Crippen molar-refractivity contribution in [3.63, 3.8) is 0 Å². The molecular formula is C17H25FN2O2. The van der Waals surface area contributed by atoms with Gasteiger partial charge < -0.3 is 10.2 Å². The van der Waals surface area contributed by atoms with Crippen LogP contribution in [0.15, 0.2) is 24.3 Å². The molecule has 5 heteroatoms. The molecular weight excluding hydrogens is 283 g/mol. The van der Waals surface area contributed by atoms with E-state index >= 15 is 0 Å². The second-order valence-corrected chi connectivity index (χ2v) is 5.30. The average molecular weight is 308 g/mol. The summed E-state index contributed by atoms with van der Waals surface area (Å²) in [6.07, 6.45) is 2.69. The van der Waals surface area contributed by atoms with Crippen LogP contribution < -0.4 is 5.32 Å². The number of carbonyl (C=O) groups excluding carboxylic acids is 2. The maximum absolute atomic E-state index is 13.4. The van der Waals surface area contributed by atoms with Crippen LogP contribution in [0.5, 0.6) is 0 Å². The zero-order valence-corrected chi connectivity index (χ0v) is 13.4. The highest BCUT2D eigenvalue weighted by Gasteiger charge is 2.10. The first-order chi connectivity index (χ1) is 10.5. The number of hydrogen-bond acceptors (Lipinski definition) is 2. The second-order valence-electron chi connectivity index (χ2n) is 5.30. The molecule has 0 bridgehead atoms. The van der Waals surface area contributed by atoms with Gasteiger partial charge in [-0.2, -0.15) is 0 Å². The Balaban J connectivity index is 2.28. The number of unbranched alkanes of at least 4 members (excludes halogenated alkanes) is 1. The zero-order chi connectivity index (χ0) is 16.4. The van der Waals surface area contributed by atoms with Crippen molar-refractivity contribution in [2.24, 2.45) is 0 Å². The Bertz CT molecular complexity index is 491. The molecule has 2 amide bonds. The lowest BCUT2D eigenvalue weighted by atomic mass is 10.1. The lowest BCUT2D eigenvalue weighted by Crippen LogP contribution is -2.35. The molecule has 4 nitrogen and oxygen atoms in total. The van der Waals surface area contributed by atoms with Gasteiger partial charge in [-0.15, -0.1) is 0 Å². The van der Waals surface area contributed by atoms with Crippen LogP contribution in [0, 0.1) is 5.82 Å². The summed E-state index contributed by atoms with van der Waals surface area (Å²) in [5.41, 5.74) is 0.594. The van der Waals surface area contributed by atoms with Crippen LogP contribution in [0.2, 0.25) is 0 Å². The lowest BCUT2D eigenvalue weighted by molar-refractivity contribution is -0.129. The maximum Gasteiger partial charge on any atom is 0.221 e. The zero-order valence-electron chi connectivity index (χ0n) is 13.4. The van der Waals surface area contributed by atoms with Gasteiger partial charge in [0.25, 0.3) is 0 Å². The molecule has 1 aromatic rings. The molecule has 0 spiro atoms. The Kier molecular flexibility index (Phi) is 8.18. The second kappa shape index (κ2) is 9.92. The summed E-state index contributed by atoms with van der Waals surface area (Å²) >= 11 is 0. The molecule has 0 aromatic heterocycles. The fourth-order valence-electron chi connectivity index (χ4n) is 2.14. The summed E-state index contributed by atoms with van der Waals surface area (Å²) in [6, 6.07) is 6.54. The lowest BCUT2D eigenvalue weighted by Gasteiger charge is -2.20. The summed E-state index contributed by atoms with van der Waals surface area (Å²) in [5.74, 6) is -0.370. The van der Waals surface area contributed by atoms with Gasteiger partial charge in [0.1, 0.15) is 5.82 Å². The number of nitrogens with one attached hydrogen (secondary N) is 1. The van der Waals surface area contributed by atoms with Crippen molar-refractivity contribution in [3.8, 4) is 0 Å². The molecule has 0 saturated carbocycles. The molecule has 1 aromatic carbocycles. The average Bonchev–Trinajstić information content (AvgIpc) is 2.49. The number of benzene rings is 1. The number of halogens is 1. The molecule has 1 rings (SSSR count). The molecule has 0 aliphatic carbocycles. The summed E-state index contributed by atoms with van der Waals surface area (Å²) in [7, 11) is 0. The van der Waals surface area contributed by atoms with Crippen molar-refractivity contribution in [1.82, 2.24) is 10.2 Å². The van der Waals surface area contributed by atoms with Crippen molar-refractivity contribution in [2.75, 3.05) is 19.6 Å². The van der Waals surface area contributed by atoms with Crippen LogP contribution in [-0.4, -0.2) is 36.3 Å². The van der Waals surface area contributed by atoms with E-state index in [9.17, 15) is 14.0 Å². The molecule has 0 aliphatic heterocycles. The molecule has 0 heterocycles. The van der Waals surface area contributed by atoms with Gasteiger partial charge in [0.2, 0.25) is 11.8 Å². The predicted molar refractivity (Wildman–Crippen MR) is 84.9 cm³/mol. The first kappa shape index (κ1) is 18.1. The van der Waals surface area contributed by atoms with E-state index in [1.807, 2.05) is 0 Å². The molecule has 22 heavy (non-hydrogen) atoms. The number of carbonyl (C=O) groups is 2. The molecule has 0 unspecified atom stereocenters. The summed E-state index contributed by atoms with van der Waals surface area (Å²) in [4.78, 5) is 24.9. The number of rotatable bonds is 9. The Labute approximate surface area is 131 Å². The van der Waals surface area contributed by atoms with Gasteiger partial charge in [-0.1, -0.05) is 31.5 Å². The van der Waals surface area contributed by atoms with E-state index in [1.165, 1.54) is 13.0 Å². The number of hydrogen-bond donors (Lipinski definition) is 1. The van der Waals surface area contributed by atoms with Gasteiger partial charge in [0, 0.05) is 33.0 Å². The van der Waals surface area contributed by atoms with Crippen LogP contribution in [0.1, 0.15) is 38.7 Å². The summed E-state index contributed by atoms with van der Waals surface area (Å²) in [6.45, 7) is 5.10. The maximum atomic E-state index is 13.4. The van der Waals surface area contributed by atoms with Crippen molar-refractivity contribution in [1.29, 1.82) is 0 Å². The molecule has 0 fully saturated rings. The van der Waals surface area contributed by atoms with Crippen LogP contribution in [-0.2, 0) is 16.0 Å². The molecule has 0 aliphatic rings. The van der Waals surface area contributed by atoms with Crippen LogP contribution in [0.3, 0.4) is 0 Å². The highest BCUT2D eigenvalue weighted by atomic mass is 19.1. The van der Waals surface area contributed by atoms with Crippen molar-refractivity contribution in [2.45, 2.75) is 39.5 Å². The molecule has 0 radical (unpaired) electrons. The number of nitrogens with zero attached hydrogens (tertiary/aromatic N) is 1. The SMILES string of the molecule is CCCCN(CCC(=O)NCCc1ccccc1F)C(C)=O. The van der Waals surface area contributed by atoms with Crippen molar-refractivity contribution >= 4 is 11.8 Å². The third-order valence-electron chi connectivity index (χ3n) is 3.51. The summed E-state index contributed by atoms with van der Waals surface area (Å²) in [5, 5.41) is 2.77. The fraction of sp³-hybridized carbons (Fsp3) is 0.529. The van der Waals surface area contributed by atoms with Gasteiger partial charge in [-0.25, -0.2) is 4.39 Å². The Hall–Kier alpha value is -1.91. The van der Waals surface area contributed by atoms with E-state index < -0.39 is 0 Å². The van der Waals surface area contributed by atoms with Crippen LogP contribution in [0.25, 0.3) is 0 Å². The van der Waals surface area contributed by atoms with Crippen molar-refractivity contribution in [3.05, 3.63) is 35.6 Å². The van der Waals surface area contributed by atoms with E-state index in [0.717, 1.165) is 12.8 Å². The molecule has 122 valence electrons. The molecule has 0 atom stereocenters. The minimum atomic E-state index is -0.251. The Morgan fingerprint density at radius 3 is 2.59 bits per heavy atom. The normalized spacial score (nSPS) is 10.3. The van der Waals surface area contributed by atoms with Gasteiger partial charge >= 0.3 is 0 Å². The van der Waals surface area contributed by atoms with E-state index in [4.69, 9.17) is 0 Å². The highest BCUT2D eigenvalue weighted by Crippen LogP contribution is 2.06. The topological polar surface area (TPSA) is 49.4 Å². The Morgan fingerprint density at radius 2 is 1.95 bits per heavy atom. The summed E-state index contributed by atoms with van der Waals surface area (Å²) < 4.78 is 13.4. The van der Waals surface area contributed by atoms with E-state index in [1.54, 1.807) is 23.1 Å². The van der Waals surface area contributed by atoms with E-state index in [2.05, 4.69) is 12.2 Å². The van der Waals surface area contributed by atoms with Crippen LogP contribution in [0.4, 0.5) is 4.39 Å². The minimum Gasteiger partial charge on any atom is -0.356 e. The first-order valence-electron chi connectivity index (χ1n) is 7.80. The quantitative estimate of drug-likeness (QED) is 0.762.